The van der Waals surface area contributed by atoms with Crippen LogP contribution in [-0.2, 0) is 4.79 Å². The van der Waals surface area contributed by atoms with Gasteiger partial charge < -0.3 is 10.1 Å². The molecule has 6 heteroatoms. The first-order valence-electron chi connectivity index (χ1n) is 6.14. The predicted octanol–water partition coefficient (Wildman–Crippen LogP) is 5.11. The molecular formula is C15H12BrClINO2. The Morgan fingerprint density at radius 2 is 2.05 bits per heavy atom. The van der Waals surface area contributed by atoms with Crippen LogP contribution in [0.4, 0.5) is 5.69 Å². The Bertz CT molecular complexity index is 666. The van der Waals surface area contributed by atoms with E-state index in [0.717, 1.165) is 9.26 Å². The molecule has 1 amide bonds. The Labute approximate surface area is 150 Å². The van der Waals surface area contributed by atoms with E-state index in [2.05, 4.69) is 43.8 Å². The van der Waals surface area contributed by atoms with Crippen molar-refractivity contribution >= 4 is 61.7 Å². The summed E-state index contributed by atoms with van der Waals surface area (Å²) in [5.74, 6) is 0.366. The molecule has 0 aliphatic carbocycles. The fraction of sp³-hybridized carbons (Fsp3) is 0.133. The van der Waals surface area contributed by atoms with E-state index < -0.39 is 6.10 Å². The molecule has 0 spiro atoms. The third-order valence-corrected chi connectivity index (χ3v) is 4.49. The molecule has 110 valence electrons. The van der Waals surface area contributed by atoms with Crippen LogP contribution >= 0.6 is 50.1 Å². The van der Waals surface area contributed by atoms with Gasteiger partial charge in [-0.25, -0.2) is 0 Å². The SMILES string of the molecule is CC(Oc1ccc(Cl)cc1Br)C(=O)Nc1ccccc1I. The van der Waals surface area contributed by atoms with E-state index in [0.29, 0.717) is 15.2 Å². The van der Waals surface area contributed by atoms with Crippen LogP contribution in [0.5, 0.6) is 5.75 Å². The Morgan fingerprint density at radius 1 is 1.33 bits per heavy atom. The standard InChI is InChI=1S/C15H12BrClINO2/c1-9(21-14-7-6-10(17)8-11(14)16)15(20)19-13-5-3-2-4-12(13)18/h2-9H,1H3,(H,19,20). The van der Waals surface area contributed by atoms with Crippen molar-refractivity contribution in [2.24, 2.45) is 0 Å². The van der Waals surface area contributed by atoms with E-state index in [9.17, 15) is 4.79 Å². The molecule has 3 nitrogen and oxygen atoms in total. The average Bonchev–Trinajstić information content (AvgIpc) is 2.44. The second kappa shape index (κ2) is 7.47. The van der Waals surface area contributed by atoms with Crippen molar-refractivity contribution < 1.29 is 9.53 Å². The van der Waals surface area contributed by atoms with Crippen LogP contribution < -0.4 is 10.1 Å². The number of hydrogen-bond donors (Lipinski definition) is 1. The molecule has 0 saturated heterocycles. The molecule has 1 unspecified atom stereocenters. The lowest BCUT2D eigenvalue weighted by atomic mass is 10.3. The zero-order valence-corrected chi connectivity index (χ0v) is 15.6. The Hall–Kier alpha value is -0.790. The quantitative estimate of drug-likeness (QED) is 0.618. The summed E-state index contributed by atoms with van der Waals surface area (Å²) in [6, 6.07) is 12.7. The van der Waals surface area contributed by atoms with Gasteiger partial charge in [-0.1, -0.05) is 23.7 Å². The van der Waals surface area contributed by atoms with Crippen LogP contribution in [0.1, 0.15) is 6.92 Å². The van der Waals surface area contributed by atoms with Gasteiger partial charge in [0.25, 0.3) is 5.91 Å². The lowest BCUT2D eigenvalue weighted by molar-refractivity contribution is -0.122. The van der Waals surface area contributed by atoms with Crippen molar-refractivity contribution in [1.29, 1.82) is 0 Å². The van der Waals surface area contributed by atoms with Gasteiger partial charge in [0.15, 0.2) is 6.10 Å². The number of halogens is 3. The van der Waals surface area contributed by atoms with Crippen LogP contribution in [0, 0.1) is 3.57 Å². The van der Waals surface area contributed by atoms with Gasteiger partial charge in [0.05, 0.1) is 10.2 Å². The first kappa shape index (κ1) is 16.6. The summed E-state index contributed by atoms with van der Waals surface area (Å²) in [6.07, 6.45) is -0.626. The van der Waals surface area contributed by atoms with Crippen molar-refractivity contribution in [3.8, 4) is 5.75 Å². The van der Waals surface area contributed by atoms with E-state index in [1.807, 2.05) is 24.3 Å². The molecule has 0 aliphatic rings. The largest absolute Gasteiger partial charge is 0.480 e. The highest BCUT2D eigenvalue weighted by molar-refractivity contribution is 14.1. The van der Waals surface area contributed by atoms with Crippen molar-refractivity contribution in [3.63, 3.8) is 0 Å². The number of para-hydroxylation sites is 1. The molecule has 0 heterocycles. The lowest BCUT2D eigenvalue weighted by Crippen LogP contribution is -2.30. The summed E-state index contributed by atoms with van der Waals surface area (Å²) < 4.78 is 7.34. The molecule has 0 bridgehead atoms. The second-order valence-corrected chi connectivity index (χ2v) is 6.76. The summed E-state index contributed by atoms with van der Waals surface area (Å²) in [7, 11) is 0. The number of rotatable bonds is 4. The van der Waals surface area contributed by atoms with Crippen LogP contribution in [0.2, 0.25) is 5.02 Å². The fourth-order valence-electron chi connectivity index (χ4n) is 1.61. The van der Waals surface area contributed by atoms with Crippen LogP contribution in [0.25, 0.3) is 0 Å². The number of nitrogens with one attached hydrogen (secondary N) is 1. The third kappa shape index (κ3) is 4.59. The number of amides is 1. The molecule has 2 rings (SSSR count). The minimum Gasteiger partial charge on any atom is -0.480 e. The van der Waals surface area contributed by atoms with Crippen molar-refractivity contribution in [3.05, 3.63) is 55.5 Å². The number of carbonyl (C=O) groups excluding carboxylic acids is 1. The van der Waals surface area contributed by atoms with E-state index >= 15 is 0 Å². The summed E-state index contributed by atoms with van der Waals surface area (Å²) >= 11 is 11.4. The normalized spacial score (nSPS) is 11.8. The molecule has 1 atom stereocenters. The van der Waals surface area contributed by atoms with Gasteiger partial charge in [-0.2, -0.15) is 0 Å². The molecule has 2 aromatic carbocycles. The fourth-order valence-corrected chi connectivity index (χ4v) is 2.91. The second-order valence-electron chi connectivity index (χ2n) is 4.30. The van der Waals surface area contributed by atoms with Crippen LogP contribution in [0.15, 0.2) is 46.9 Å². The van der Waals surface area contributed by atoms with E-state index in [4.69, 9.17) is 16.3 Å². The van der Waals surface area contributed by atoms with Gasteiger partial charge >= 0.3 is 0 Å². The molecule has 0 radical (unpaired) electrons. The summed E-state index contributed by atoms with van der Waals surface area (Å²) in [5, 5.41) is 3.45. The van der Waals surface area contributed by atoms with Crippen molar-refractivity contribution in [2.75, 3.05) is 5.32 Å². The topological polar surface area (TPSA) is 38.3 Å². The molecule has 0 saturated carbocycles. The highest BCUT2D eigenvalue weighted by Gasteiger charge is 2.17. The average molecular weight is 481 g/mol. The number of benzene rings is 2. The van der Waals surface area contributed by atoms with E-state index in [-0.39, 0.29) is 5.91 Å². The van der Waals surface area contributed by atoms with Gasteiger partial charge in [0, 0.05) is 8.59 Å². The van der Waals surface area contributed by atoms with Crippen molar-refractivity contribution in [1.82, 2.24) is 0 Å². The van der Waals surface area contributed by atoms with E-state index in [1.165, 1.54) is 0 Å². The van der Waals surface area contributed by atoms with Gasteiger partial charge in [-0.05, 0) is 75.8 Å². The summed E-state index contributed by atoms with van der Waals surface area (Å²) in [6.45, 7) is 1.70. The Balaban J connectivity index is 2.04. The summed E-state index contributed by atoms with van der Waals surface area (Å²) in [4.78, 5) is 12.2. The number of carbonyl (C=O) groups is 1. The Kier molecular flexibility index (Phi) is 5.89. The highest BCUT2D eigenvalue weighted by Crippen LogP contribution is 2.29. The van der Waals surface area contributed by atoms with Gasteiger partial charge in [-0.3, -0.25) is 4.79 Å². The molecule has 0 aromatic heterocycles. The minimum atomic E-state index is -0.626. The summed E-state index contributed by atoms with van der Waals surface area (Å²) in [5.41, 5.74) is 0.772. The molecule has 21 heavy (non-hydrogen) atoms. The zero-order valence-electron chi connectivity index (χ0n) is 11.1. The minimum absolute atomic E-state index is 0.207. The van der Waals surface area contributed by atoms with Crippen LogP contribution in [-0.4, -0.2) is 12.0 Å². The maximum absolute atomic E-state index is 12.2. The number of anilines is 1. The van der Waals surface area contributed by atoms with Gasteiger partial charge in [0.1, 0.15) is 5.75 Å². The third-order valence-electron chi connectivity index (χ3n) is 2.70. The van der Waals surface area contributed by atoms with Gasteiger partial charge in [-0.15, -0.1) is 0 Å². The van der Waals surface area contributed by atoms with Crippen LogP contribution in [0.3, 0.4) is 0 Å². The smallest absolute Gasteiger partial charge is 0.265 e. The molecular weight excluding hydrogens is 468 g/mol. The zero-order chi connectivity index (χ0) is 15.4. The maximum Gasteiger partial charge on any atom is 0.265 e. The lowest BCUT2D eigenvalue weighted by Gasteiger charge is -2.16. The van der Waals surface area contributed by atoms with Crippen molar-refractivity contribution in [2.45, 2.75) is 13.0 Å². The van der Waals surface area contributed by atoms with Gasteiger partial charge in [0.2, 0.25) is 0 Å². The highest BCUT2D eigenvalue weighted by atomic mass is 127. The number of hydrogen-bond acceptors (Lipinski definition) is 2. The monoisotopic (exact) mass is 479 g/mol. The number of ether oxygens (including phenoxy) is 1. The molecule has 0 fully saturated rings. The molecule has 1 N–H and O–H groups in total. The predicted molar refractivity (Wildman–Crippen MR) is 97.0 cm³/mol. The molecule has 0 aliphatic heterocycles. The maximum atomic E-state index is 12.2. The Morgan fingerprint density at radius 3 is 2.71 bits per heavy atom. The van der Waals surface area contributed by atoms with E-state index in [1.54, 1.807) is 25.1 Å². The first-order valence-corrected chi connectivity index (χ1v) is 8.39. The first-order chi connectivity index (χ1) is 9.97. The molecule has 2 aromatic rings.